The predicted octanol–water partition coefficient (Wildman–Crippen LogP) is 3.60. The topological polar surface area (TPSA) is 66.4 Å². The SMILES string of the molecule is O=C(Nc1ccsc1C(=O)O)c1cc(Br)ccc1F. The molecule has 0 bridgehead atoms. The zero-order valence-corrected chi connectivity index (χ0v) is 11.7. The molecule has 2 N–H and O–H groups in total. The van der Waals surface area contributed by atoms with Crippen LogP contribution in [-0.2, 0) is 0 Å². The van der Waals surface area contributed by atoms with Gasteiger partial charge in [-0.15, -0.1) is 11.3 Å². The smallest absolute Gasteiger partial charge is 0.348 e. The molecule has 2 aromatic rings. The largest absolute Gasteiger partial charge is 0.477 e. The van der Waals surface area contributed by atoms with Gasteiger partial charge in [0, 0.05) is 4.47 Å². The number of carbonyl (C=O) groups is 2. The fourth-order valence-electron chi connectivity index (χ4n) is 1.43. The lowest BCUT2D eigenvalue weighted by atomic mass is 10.2. The Kier molecular flexibility index (Phi) is 3.96. The van der Waals surface area contributed by atoms with Crippen LogP contribution in [0.3, 0.4) is 0 Å². The van der Waals surface area contributed by atoms with Crippen molar-refractivity contribution >= 4 is 44.8 Å². The van der Waals surface area contributed by atoms with Gasteiger partial charge in [0.05, 0.1) is 11.3 Å². The van der Waals surface area contributed by atoms with Crippen molar-refractivity contribution in [1.82, 2.24) is 0 Å². The highest BCUT2D eigenvalue weighted by molar-refractivity contribution is 9.10. The summed E-state index contributed by atoms with van der Waals surface area (Å²) in [5.41, 5.74) is -0.00112. The van der Waals surface area contributed by atoms with E-state index in [-0.39, 0.29) is 16.1 Å². The Hall–Kier alpha value is -1.73. The minimum Gasteiger partial charge on any atom is -0.477 e. The van der Waals surface area contributed by atoms with E-state index in [9.17, 15) is 14.0 Å². The summed E-state index contributed by atoms with van der Waals surface area (Å²) in [5.74, 6) is -2.51. The normalized spacial score (nSPS) is 10.2. The van der Waals surface area contributed by atoms with E-state index in [2.05, 4.69) is 21.2 Å². The maximum atomic E-state index is 13.5. The molecule has 1 aromatic carbocycles. The van der Waals surface area contributed by atoms with Crippen molar-refractivity contribution < 1.29 is 19.1 Å². The van der Waals surface area contributed by atoms with Crippen LogP contribution in [-0.4, -0.2) is 17.0 Å². The monoisotopic (exact) mass is 343 g/mol. The molecule has 1 aromatic heterocycles. The van der Waals surface area contributed by atoms with Crippen molar-refractivity contribution in [2.75, 3.05) is 5.32 Å². The van der Waals surface area contributed by atoms with Crippen LogP contribution in [0.15, 0.2) is 34.1 Å². The summed E-state index contributed by atoms with van der Waals surface area (Å²) in [5, 5.41) is 12.8. The Balaban J connectivity index is 2.28. The average Bonchev–Trinajstić information content (AvgIpc) is 2.80. The zero-order valence-electron chi connectivity index (χ0n) is 9.31. The number of hydrogen-bond acceptors (Lipinski definition) is 3. The number of amides is 1. The van der Waals surface area contributed by atoms with E-state index in [4.69, 9.17) is 5.11 Å². The van der Waals surface area contributed by atoms with E-state index >= 15 is 0 Å². The summed E-state index contributed by atoms with van der Waals surface area (Å²) in [7, 11) is 0. The zero-order chi connectivity index (χ0) is 14.0. The number of aromatic carboxylic acids is 1. The fourth-order valence-corrected chi connectivity index (χ4v) is 2.48. The molecule has 1 heterocycles. The molecule has 0 saturated carbocycles. The summed E-state index contributed by atoms with van der Waals surface area (Å²) in [6.45, 7) is 0. The van der Waals surface area contributed by atoms with Crippen LogP contribution in [0, 0.1) is 5.82 Å². The lowest BCUT2D eigenvalue weighted by molar-refractivity contribution is 0.0703. The first-order chi connectivity index (χ1) is 8.99. The highest BCUT2D eigenvalue weighted by atomic mass is 79.9. The Bertz CT molecular complexity index is 656. The second-order valence-electron chi connectivity index (χ2n) is 3.55. The van der Waals surface area contributed by atoms with Gasteiger partial charge in [-0.05, 0) is 29.6 Å². The maximum absolute atomic E-state index is 13.5. The standard InChI is InChI=1S/C12H7BrFNO3S/c13-6-1-2-8(14)7(5-6)11(16)15-9-3-4-19-10(9)12(17)18/h1-5H,(H,15,16)(H,17,18). The van der Waals surface area contributed by atoms with Crippen molar-refractivity contribution in [3.05, 3.63) is 50.4 Å². The number of halogens is 2. The lowest BCUT2D eigenvalue weighted by Gasteiger charge is -2.06. The number of carboxylic acid groups (broad SMARTS) is 1. The number of rotatable bonds is 3. The molecule has 19 heavy (non-hydrogen) atoms. The molecule has 4 nitrogen and oxygen atoms in total. The second kappa shape index (κ2) is 5.50. The van der Waals surface area contributed by atoms with E-state index < -0.39 is 17.7 Å². The van der Waals surface area contributed by atoms with Gasteiger partial charge in [-0.3, -0.25) is 4.79 Å². The van der Waals surface area contributed by atoms with Crippen LogP contribution < -0.4 is 5.32 Å². The highest BCUT2D eigenvalue weighted by Crippen LogP contribution is 2.24. The van der Waals surface area contributed by atoms with Gasteiger partial charge in [-0.2, -0.15) is 0 Å². The second-order valence-corrected chi connectivity index (χ2v) is 5.38. The Labute approximate surface area is 120 Å². The van der Waals surface area contributed by atoms with Gasteiger partial charge in [0.15, 0.2) is 0 Å². The number of carbonyl (C=O) groups excluding carboxylic acids is 1. The molecule has 0 fully saturated rings. The van der Waals surface area contributed by atoms with Crippen LogP contribution >= 0.6 is 27.3 Å². The summed E-state index contributed by atoms with van der Waals surface area (Å²) < 4.78 is 14.1. The van der Waals surface area contributed by atoms with Gasteiger partial charge in [0.2, 0.25) is 0 Å². The third-order valence-corrected chi connectivity index (χ3v) is 3.68. The van der Waals surface area contributed by atoms with E-state index in [1.54, 1.807) is 0 Å². The molecule has 0 saturated heterocycles. The molecule has 0 aliphatic heterocycles. The van der Waals surface area contributed by atoms with Gasteiger partial charge in [-0.25, -0.2) is 9.18 Å². The molecule has 0 atom stereocenters. The summed E-state index contributed by atoms with van der Waals surface area (Å²) in [6.07, 6.45) is 0. The van der Waals surface area contributed by atoms with Crippen molar-refractivity contribution in [3.8, 4) is 0 Å². The lowest BCUT2D eigenvalue weighted by Crippen LogP contribution is -2.15. The van der Waals surface area contributed by atoms with Crippen LogP contribution in [0.25, 0.3) is 0 Å². The van der Waals surface area contributed by atoms with Gasteiger partial charge in [0.1, 0.15) is 10.7 Å². The van der Waals surface area contributed by atoms with Gasteiger partial charge in [0.25, 0.3) is 5.91 Å². The van der Waals surface area contributed by atoms with Gasteiger partial charge < -0.3 is 10.4 Å². The number of carboxylic acids is 1. The third kappa shape index (κ3) is 2.99. The first kappa shape index (κ1) is 13.7. The molecule has 0 radical (unpaired) electrons. The Morgan fingerprint density at radius 1 is 1.32 bits per heavy atom. The number of nitrogens with one attached hydrogen (secondary N) is 1. The molecular weight excluding hydrogens is 337 g/mol. The summed E-state index contributed by atoms with van der Waals surface area (Å²) >= 11 is 4.13. The number of hydrogen-bond donors (Lipinski definition) is 2. The molecule has 7 heteroatoms. The van der Waals surface area contributed by atoms with Gasteiger partial charge in [-0.1, -0.05) is 15.9 Å². The highest BCUT2D eigenvalue weighted by Gasteiger charge is 2.17. The molecule has 1 amide bonds. The van der Waals surface area contributed by atoms with E-state index in [0.717, 1.165) is 17.4 Å². The van der Waals surface area contributed by atoms with E-state index in [1.807, 2.05) is 0 Å². The summed E-state index contributed by atoms with van der Waals surface area (Å²) in [4.78, 5) is 22.8. The van der Waals surface area contributed by atoms with Crippen molar-refractivity contribution in [2.24, 2.45) is 0 Å². The van der Waals surface area contributed by atoms with E-state index in [0.29, 0.717) is 4.47 Å². The van der Waals surface area contributed by atoms with Crippen molar-refractivity contribution in [1.29, 1.82) is 0 Å². The summed E-state index contributed by atoms with van der Waals surface area (Å²) in [6, 6.07) is 5.42. The Morgan fingerprint density at radius 3 is 2.74 bits per heavy atom. The quantitative estimate of drug-likeness (QED) is 0.894. The molecular formula is C12H7BrFNO3S. The Morgan fingerprint density at radius 2 is 2.05 bits per heavy atom. The predicted molar refractivity (Wildman–Crippen MR) is 73.3 cm³/mol. The number of benzene rings is 1. The minimum atomic E-state index is -1.14. The number of thiophene rings is 1. The van der Waals surface area contributed by atoms with Crippen molar-refractivity contribution in [2.45, 2.75) is 0 Å². The van der Waals surface area contributed by atoms with Crippen molar-refractivity contribution in [3.63, 3.8) is 0 Å². The van der Waals surface area contributed by atoms with Crippen LogP contribution in [0.1, 0.15) is 20.0 Å². The molecule has 0 aliphatic rings. The van der Waals surface area contributed by atoms with Crippen LogP contribution in [0.5, 0.6) is 0 Å². The molecule has 0 unspecified atom stereocenters. The van der Waals surface area contributed by atoms with Crippen LogP contribution in [0.2, 0.25) is 0 Å². The van der Waals surface area contributed by atoms with Crippen LogP contribution in [0.4, 0.5) is 10.1 Å². The third-order valence-electron chi connectivity index (χ3n) is 2.28. The maximum Gasteiger partial charge on any atom is 0.348 e. The first-order valence-corrected chi connectivity index (χ1v) is 6.73. The average molecular weight is 344 g/mol. The molecule has 0 aliphatic carbocycles. The fraction of sp³-hybridized carbons (Fsp3) is 0. The molecule has 98 valence electrons. The molecule has 2 rings (SSSR count). The minimum absolute atomic E-state index is 0.00348. The first-order valence-electron chi connectivity index (χ1n) is 5.06. The number of anilines is 1. The molecule has 0 spiro atoms. The van der Waals surface area contributed by atoms with E-state index in [1.165, 1.54) is 23.6 Å². The van der Waals surface area contributed by atoms with Gasteiger partial charge >= 0.3 is 5.97 Å².